The third-order valence-electron chi connectivity index (χ3n) is 2.80. The number of amides is 1. The maximum Gasteiger partial charge on any atom is 0.252 e. The molecule has 0 aliphatic rings. The van der Waals surface area contributed by atoms with Gasteiger partial charge in [0, 0.05) is 11.8 Å². The second-order valence-corrected chi connectivity index (χ2v) is 4.26. The highest BCUT2D eigenvalue weighted by molar-refractivity contribution is 5.96. The second-order valence-electron chi connectivity index (χ2n) is 4.26. The molecule has 0 atom stereocenters. The summed E-state index contributed by atoms with van der Waals surface area (Å²) in [6.45, 7) is 0.293. The van der Waals surface area contributed by atoms with Crippen LogP contribution in [0.1, 0.15) is 15.9 Å². The van der Waals surface area contributed by atoms with E-state index in [9.17, 15) is 4.79 Å². The van der Waals surface area contributed by atoms with Crippen LogP contribution in [0.5, 0.6) is 11.5 Å². The number of nitrogen functional groups attached to an aromatic ring is 1. The van der Waals surface area contributed by atoms with Crippen LogP contribution in [-0.2, 0) is 6.61 Å². The number of methoxy groups -OCH3 is 1. The van der Waals surface area contributed by atoms with E-state index in [0.29, 0.717) is 23.6 Å². The Morgan fingerprint density at radius 2 is 2.00 bits per heavy atom. The van der Waals surface area contributed by atoms with E-state index in [2.05, 4.69) is 0 Å². The van der Waals surface area contributed by atoms with Crippen LogP contribution in [0.3, 0.4) is 0 Å². The Balaban J connectivity index is 2.17. The topological polar surface area (TPSA) is 87.6 Å². The van der Waals surface area contributed by atoms with Gasteiger partial charge in [0.2, 0.25) is 0 Å². The number of carbonyl (C=O) groups is 1. The normalized spacial score (nSPS) is 10.1. The maximum atomic E-state index is 11.3. The van der Waals surface area contributed by atoms with Gasteiger partial charge < -0.3 is 20.9 Å². The number of carbonyl (C=O) groups excluding carboxylic acids is 1. The third-order valence-corrected chi connectivity index (χ3v) is 2.80. The second kappa shape index (κ2) is 5.97. The molecule has 2 rings (SSSR count). The van der Waals surface area contributed by atoms with Crippen LogP contribution in [0.4, 0.5) is 5.69 Å². The molecular formula is C15H16N2O3. The van der Waals surface area contributed by atoms with Crippen molar-refractivity contribution in [1.29, 1.82) is 0 Å². The van der Waals surface area contributed by atoms with E-state index >= 15 is 0 Å². The zero-order chi connectivity index (χ0) is 14.5. The molecule has 20 heavy (non-hydrogen) atoms. The average molecular weight is 272 g/mol. The Morgan fingerprint density at radius 3 is 2.70 bits per heavy atom. The van der Waals surface area contributed by atoms with E-state index in [4.69, 9.17) is 20.9 Å². The van der Waals surface area contributed by atoms with Crippen LogP contribution in [-0.4, -0.2) is 13.0 Å². The lowest BCUT2D eigenvalue weighted by molar-refractivity contribution is 0.0996. The zero-order valence-corrected chi connectivity index (χ0v) is 11.1. The molecule has 0 spiro atoms. The van der Waals surface area contributed by atoms with Crippen molar-refractivity contribution < 1.29 is 14.3 Å². The first-order chi connectivity index (χ1) is 9.60. The van der Waals surface area contributed by atoms with Gasteiger partial charge in [0.05, 0.1) is 12.7 Å². The number of primary amides is 1. The molecule has 0 bridgehead atoms. The van der Waals surface area contributed by atoms with Gasteiger partial charge in [-0.25, -0.2) is 0 Å². The summed E-state index contributed by atoms with van der Waals surface area (Å²) in [7, 11) is 1.60. The standard InChI is InChI=1S/C15H16N2O3/c1-19-12-4-2-3-10(7-12)9-20-14-8-11(16)5-6-13(14)15(17)18/h2-8H,9,16H2,1H3,(H2,17,18). The monoisotopic (exact) mass is 272 g/mol. The van der Waals surface area contributed by atoms with Crippen LogP contribution in [0.2, 0.25) is 0 Å². The van der Waals surface area contributed by atoms with Crippen LogP contribution in [0.15, 0.2) is 42.5 Å². The number of hydrogen-bond donors (Lipinski definition) is 2. The van der Waals surface area contributed by atoms with Gasteiger partial charge in [-0.2, -0.15) is 0 Å². The number of benzene rings is 2. The molecule has 0 aromatic heterocycles. The summed E-state index contributed by atoms with van der Waals surface area (Å²) >= 11 is 0. The molecule has 0 saturated heterocycles. The summed E-state index contributed by atoms with van der Waals surface area (Å²) < 4.78 is 10.8. The first-order valence-electron chi connectivity index (χ1n) is 6.05. The minimum absolute atomic E-state index is 0.293. The number of hydrogen-bond acceptors (Lipinski definition) is 4. The molecule has 0 saturated carbocycles. The Hall–Kier alpha value is -2.69. The Bertz CT molecular complexity index is 626. The van der Waals surface area contributed by atoms with Crippen molar-refractivity contribution in [1.82, 2.24) is 0 Å². The lowest BCUT2D eigenvalue weighted by atomic mass is 10.1. The number of rotatable bonds is 5. The quantitative estimate of drug-likeness (QED) is 0.814. The Morgan fingerprint density at radius 1 is 1.20 bits per heavy atom. The minimum atomic E-state index is -0.550. The predicted octanol–water partition coefficient (Wildman–Crippen LogP) is 1.96. The van der Waals surface area contributed by atoms with Crippen molar-refractivity contribution in [3.05, 3.63) is 53.6 Å². The molecule has 104 valence electrons. The lowest BCUT2D eigenvalue weighted by Crippen LogP contribution is -2.13. The maximum absolute atomic E-state index is 11.3. The molecule has 0 radical (unpaired) electrons. The number of anilines is 1. The van der Waals surface area contributed by atoms with Gasteiger partial charge in [0.1, 0.15) is 18.1 Å². The predicted molar refractivity (Wildman–Crippen MR) is 76.7 cm³/mol. The fraction of sp³-hybridized carbons (Fsp3) is 0.133. The van der Waals surface area contributed by atoms with Crippen molar-refractivity contribution in [2.45, 2.75) is 6.61 Å². The molecule has 0 fully saturated rings. The number of ether oxygens (including phenoxy) is 2. The van der Waals surface area contributed by atoms with E-state index in [-0.39, 0.29) is 0 Å². The van der Waals surface area contributed by atoms with Crippen LogP contribution in [0.25, 0.3) is 0 Å². The molecule has 0 unspecified atom stereocenters. The molecule has 0 aliphatic carbocycles. The largest absolute Gasteiger partial charge is 0.497 e. The fourth-order valence-electron chi connectivity index (χ4n) is 1.79. The van der Waals surface area contributed by atoms with E-state index in [1.165, 1.54) is 0 Å². The molecule has 0 aliphatic heterocycles. The van der Waals surface area contributed by atoms with E-state index in [1.54, 1.807) is 25.3 Å². The highest BCUT2D eigenvalue weighted by Gasteiger charge is 2.10. The van der Waals surface area contributed by atoms with Crippen LogP contribution >= 0.6 is 0 Å². The summed E-state index contributed by atoms with van der Waals surface area (Å²) in [5, 5.41) is 0. The Kier molecular flexibility index (Phi) is 4.10. The van der Waals surface area contributed by atoms with Gasteiger partial charge in [-0.05, 0) is 29.8 Å². The first-order valence-corrected chi connectivity index (χ1v) is 6.05. The first kappa shape index (κ1) is 13.7. The van der Waals surface area contributed by atoms with Crippen LogP contribution < -0.4 is 20.9 Å². The van der Waals surface area contributed by atoms with E-state index in [0.717, 1.165) is 11.3 Å². The van der Waals surface area contributed by atoms with Crippen LogP contribution in [0, 0.1) is 0 Å². The summed E-state index contributed by atoms with van der Waals surface area (Å²) in [5.74, 6) is 0.569. The van der Waals surface area contributed by atoms with Gasteiger partial charge in [0.15, 0.2) is 0 Å². The highest BCUT2D eigenvalue weighted by atomic mass is 16.5. The van der Waals surface area contributed by atoms with E-state index in [1.807, 2.05) is 24.3 Å². The molecule has 0 heterocycles. The third kappa shape index (κ3) is 3.20. The molecule has 4 N–H and O–H groups in total. The van der Waals surface area contributed by atoms with Gasteiger partial charge in [-0.3, -0.25) is 4.79 Å². The molecule has 5 nitrogen and oxygen atoms in total. The number of nitrogens with two attached hydrogens (primary N) is 2. The SMILES string of the molecule is COc1cccc(COc2cc(N)ccc2C(N)=O)c1. The van der Waals surface area contributed by atoms with Gasteiger partial charge >= 0.3 is 0 Å². The van der Waals surface area contributed by atoms with Gasteiger partial charge in [0.25, 0.3) is 5.91 Å². The van der Waals surface area contributed by atoms with Gasteiger partial charge in [-0.1, -0.05) is 12.1 Å². The van der Waals surface area contributed by atoms with Crippen molar-refractivity contribution in [3.63, 3.8) is 0 Å². The molecule has 2 aromatic rings. The van der Waals surface area contributed by atoms with Crippen molar-refractivity contribution in [2.75, 3.05) is 12.8 Å². The molecule has 2 aromatic carbocycles. The average Bonchev–Trinajstić information content (AvgIpc) is 2.45. The Labute approximate surface area is 117 Å². The summed E-state index contributed by atoms with van der Waals surface area (Å²) in [6, 6.07) is 12.2. The van der Waals surface area contributed by atoms with Crippen molar-refractivity contribution >= 4 is 11.6 Å². The van der Waals surface area contributed by atoms with Crippen molar-refractivity contribution in [2.24, 2.45) is 5.73 Å². The van der Waals surface area contributed by atoms with Crippen molar-refractivity contribution in [3.8, 4) is 11.5 Å². The molecule has 1 amide bonds. The summed E-state index contributed by atoms with van der Waals surface area (Å²) in [6.07, 6.45) is 0. The zero-order valence-electron chi connectivity index (χ0n) is 11.1. The highest BCUT2D eigenvalue weighted by Crippen LogP contribution is 2.23. The fourth-order valence-corrected chi connectivity index (χ4v) is 1.79. The summed E-state index contributed by atoms with van der Waals surface area (Å²) in [4.78, 5) is 11.3. The lowest BCUT2D eigenvalue weighted by Gasteiger charge is -2.11. The molecule has 5 heteroatoms. The summed E-state index contributed by atoms with van der Waals surface area (Å²) in [5.41, 5.74) is 12.7. The van der Waals surface area contributed by atoms with Gasteiger partial charge in [-0.15, -0.1) is 0 Å². The van der Waals surface area contributed by atoms with E-state index < -0.39 is 5.91 Å². The molecular weight excluding hydrogens is 256 g/mol. The smallest absolute Gasteiger partial charge is 0.252 e. The minimum Gasteiger partial charge on any atom is -0.497 e.